The van der Waals surface area contributed by atoms with Crippen LogP contribution in [0.2, 0.25) is 0 Å². The Balaban J connectivity index is 1.96. The second-order valence-corrected chi connectivity index (χ2v) is 4.93. The fourth-order valence-electron chi connectivity index (χ4n) is 2.58. The van der Waals surface area contributed by atoms with E-state index in [0.717, 1.165) is 0 Å². The fraction of sp³-hybridized carbons (Fsp3) is 1.00. The molecule has 2 bridgehead atoms. The Morgan fingerprint density at radius 1 is 1.38 bits per heavy atom. The lowest BCUT2D eigenvalue weighted by Crippen LogP contribution is -2.61. The summed E-state index contributed by atoms with van der Waals surface area (Å²) in [5.41, 5.74) is -1.95. The number of halogens is 1. The van der Waals surface area contributed by atoms with Crippen molar-refractivity contribution in [1.82, 2.24) is 0 Å². The minimum Gasteiger partial charge on any atom is -0.393 e. The largest absolute Gasteiger partial charge is 0.393 e. The molecule has 3 saturated heterocycles. The first kappa shape index (κ1) is 10.9. The molecule has 0 aliphatic carbocycles. The Morgan fingerprint density at radius 3 is 2.81 bits per heavy atom. The predicted octanol–water partition coefficient (Wildman–Crippen LogP) is -0.0378. The summed E-state index contributed by atoms with van der Waals surface area (Å²) in [6.07, 6.45) is -2.82. The van der Waals surface area contributed by atoms with E-state index in [-0.39, 0.29) is 6.61 Å². The Labute approximate surface area is 92.4 Å². The van der Waals surface area contributed by atoms with Crippen molar-refractivity contribution in [3.8, 4) is 0 Å². The highest BCUT2D eigenvalue weighted by Gasteiger charge is 2.66. The maximum atomic E-state index is 14.6. The molecule has 0 radical (unpaired) electrons. The first-order valence-corrected chi connectivity index (χ1v) is 5.39. The summed E-state index contributed by atoms with van der Waals surface area (Å²) in [6, 6.07) is 0. The lowest BCUT2D eigenvalue weighted by atomic mass is 9.88. The molecule has 0 spiro atoms. The molecule has 3 heterocycles. The minimum atomic E-state index is -1.95. The van der Waals surface area contributed by atoms with E-state index < -0.39 is 42.7 Å². The van der Waals surface area contributed by atoms with Gasteiger partial charge in [0.05, 0.1) is 13.2 Å². The van der Waals surface area contributed by atoms with Crippen LogP contribution in [-0.2, 0) is 18.9 Å². The van der Waals surface area contributed by atoms with E-state index in [4.69, 9.17) is 18.9 Å². The van der Waals surface area contributed by atoms with Gasteiger partial charge in [0.2, 0.25) is 0 Å². The Kier molecular flexibility index (Phi) is 2.13. The second-order valence-electron chi connectivity index (χ2n) is 4.93. The Bertz CT molecular complexity index is 310. The molecule has 16 heavy (non-hydrogen) atoms. The number of aliphatic hydroxyl groups excluding tert-OH is 1. The Morgan fingerprint density at radius 2 is 2.12 bits per heavy atom. The first-order valence-electron chi connectivity index (χ1n) is 5.39. The molecule has 5 nitrogen and oxygen atoms in total. The first-order chi connectivity index (χ1) is 7.46. The van der Waals surface area contributed by atoms with Crippen molar-refractivity contribution < 1.29 is 28.4 Å². The average molecular weight is 234 g/mol. The van der Waals surface area contributed by atoms with Gasteiger partial charge < -0.3 is 24.1 Å². The molecule has 0 unspecified atom stereocenters. The zero-order chi connectivity index (χ0) is 11.6. The molecule has 92 valence electrons. The minimum absolute atomic E-state index is 0.127. The monoisotopic (exact) mass is 234 g/mol. The maximum absolute atomic E-state index is 14.6. The van der Waals surface area contributed by atoms with Crippen LogP contribution in [0.3, 0.4) is 0 Å². The highest BCUT2D eigenvalue weighted by molar-refractivity contribution is 5.08. The summed E-state index contributed by atoms with van der Waals surface area (Å²) in [5, 5.41) is 9.24. The molecule has 3 fully saturated rings. The van der Waals surface area contributed by atoms with E-state index in [1.165, 1.54) is 0 Å². The van der Waals surface area contributed by atoms with Gasteiger partial charge in [-0.3, -0.25) is 0 Å². The van der Waals surface area contributed by atoms with Gasteiger partial charge in [-0.15, -0.1) is 0 Å². The van der Waals surface area contributed by atoms with Crippen molar-refractivity contribution in [2.75, 3.05) is 13.2 Å². The number of aliphatic hydroxyl groups is 1. The predicted molar refractivity (Wildman–Crippen MR) is 49.4 cm³/mol. The summed E-state index contributed by atoms with van der Waals surface area (Å²) in [7, 11) is 0. The summed E-state index contributed by atoms with van der Waals surface area (Å²) in [6.45, 7) is 2.88. The molecule has 3 rings (SSSR count). The summed E-state index contributed by atoms with van der Waals surface area (Å²) in [4.78, 5) is 0. The number of hydrogen-bond acceptors (Lipinski definition) is 5. The molecule has 0 aromatic heterocycles. The van der Waals surface area contributed by atoms with Gasteiger partial charge in [-0.1, -0.05) is 0 Å². The number of fused-ring (bicyclic) bond motifs is 4. The van der Waals surface area contributed by atoms with E-state index in [1.807, 2.05) is 0 Å². The molecule has 3 aliphatic heterocycles. The van der Waals surface area contributed by atoms with Crippen LogP contribution in [0, 0.1) is 0 Å². The van der Waals surface area contributed by atoms with Crippen LogP contribution in [0.15, 0.2) is 0 Å². The molecule has 1 N–H and O–H groups in total. The molecular formula is C10H15FO5. The van der Waals surface area contributed by atoms with Crippen molar-refractivity contribution in [2.45, 2.75) is 49.9 Å². The molecule has 0 saturated carbocycles. The zero-order valence-corrected chi connectivity index (χ0v) is 9.18. The standard InChI is InChI=1S/C10H15FO5/c1-9(2)15-6-7(16-9)10(11,4-12)5-3-13-8(6)14-5/h5-8,12H,3-4H2,1-2H3/t5-,6+,7-,8-,10-/m1/s1. The third-order valence-electron chi connectivity index (χ3n) is 3.36. The molecular weight excluding hydrogens is 219 g/mol. The lowest BCUT2D eigenvalue weighted by molar-refractivity contribution is -0.219. The quantitative estimate of drug-likeness (QED) is 0.690. The van der Waals surface area contributed by atoms with Crippen LogP contribution in [0.1, 0.15) is 13.8 Å². The summed E-state index contributed by atoms with van der Waals surface area (Å²) in [5.74, 6) is -0.876. The molecule has 6 heteroatoms. The van der Waals surface area contributed by atoms with Crippen molar-refractivity contribution >= 4 is 0 Å². The van der Waals surface area contributed by atoms with Crippen LogP contribution in [-0.4, -0.2) is 54.4 Å². The average Bonchev–Trinajstić information content (AvgIpc) is 2.78. The fourth-order valence-corrected chi connectivity index (χ4v) is 2.58. The third kappa shape index (κ3) is 1.28. The topological polar surface area (TPSA) is 57.2 Å². The lowest BCUT2D eigenvalue weighted by Gasteiger charge is -2.39. The smallest absolute Gasteiger partial charge is 0.190 e. The highest BCUT2D eigenvalue weighted by atomic mass is 19.1. The highest BCUT2D eigenvalue weighted by Crippen LogP contribution is 2.46. The van der Waals surface area contributed by atoms with E-state index in [9.17, 15) is 9.50 Å². The van der Waals surface area contributed by atoms with Gasteiger partial charge in [0, 0.05) is 0 Å². The van der Waals surface area contributed by atoms with Crippen LogP contribution >= 0.6 is 0 Å². The number of ether oxygens (including phenoxy) is 4. The maximum Gasteiger partial charge on any atom is 0.190 e. The molecule has 5 atom stereocenters. The van der Waals surface area contributed by atoms with Crippen molar-refractivity contribution in [1.29, 1.82) is 0 Å². The third-order valence-corrected chi connectivity index (χ3v) is 3.36. The number of rotatable bonds is 1. The number of alkyl halides is 1. The van der Waals surface area contributed by atoms with Crippen LogP contribution in [0.25, 0.3) is 0 Å². The second kappa shape index (κ2) is 3.14. The van der Waals surface area contributed by atoms with Gasteiger partial charge in [0.15, 0.2) is 17.7 Å². The molecule has 0 aromatic rings. The zero-order valence-electron chi connectivity index (χ0n) is 9.18. The summed E-state index contributed by atoms with van der Waals surface area (Å²) >= 11 is 0. The normalized spacial score (nSPS) is 54.0. The van der Waals surface area contributed by atoms with E-state index in [1.54, 1.807) is 13.8 Å². The van der Waals surface area contributed by atoms with Crippen LogP contribution in [0.5, 0.6) is 0 Å². The molecule has 0 amide bonds. The molecule has 0 aromatic carbocycles. The van der Waals surface area contributed by atoms with Gasteiger partial charge in [0.25, 0.3) is 0 Å². The van der Waals surface area contributed by atoms with Gasteiger partial charge in [-0.05, 0) is 13.8 Å². The summed E-state index contributed by atoms with van der Waals surface area (Å²) < 4.78 is 36.4. The van der Waals surface area contributed by atoms with Gasteiger partial charge >= 0.3 is 0 Å². The SMILES string of the molecule is CC1(C)O[C@@H]2[C@@H]3OC[C@@H](O3)[C@](F)(CO)[C@@H]2O1. The van der Waals surface area contributed by atoms with E-state index >= 15 is 0 Å². The van der Waals surface area contributed by atoms with Gasteiger partial charge in [-0.25, -0.2) is 4.39 Å². The van der Waals surface area contributed by atoms with Gasteiger partial charge in [0.1, 0.15) is 18.3 Å². The number of hydrogen-bond donors (Lipinski definition) is 1. The van der Waals surface area contributed by atoms with Crippen LogP contribution in [0.4, 0.5) is 4.39 Å². The van der Waals surface area contributed by atoms with Crippen molar-refractivity contribution in [2.24, 2.45) is 0 Å². The van der Waals surface area contributed by atoms with E-state index in [2.05, 4.69) is 0 Å². The van der Waals surface area contributed by atoms with Crippen molar-refractivity contribution in [3.63, 3.8) is 0 Å². The molecule has 3 aliphatic rings. The van der Waals surface area contributed by atoms with Gasteiger partial charge in [-0.2, -0.15) is 0 Å². The van der Waals surface area contributed by atoms with Crippen LogP contribution < -0.4 is 0 Å². The van der Waals surface area contributed by atoms with E-state index in [0.29, 0.717) is 0 Å². The van der Waals surface area contributed by atoms with Crippen molar-refractivity contribution in [3.05, 3.63) is 0 Å². The Hall–Kier alpha value is -0.270.